The number of hydrogen-bond acceptors (Lipinski definition) is 3. The number of rotatable bonds is 2. The number of nitro groups is 1. The van der Waals surface area contributed by atoms with Crippen LogP contribution < -0.4 is 0 Å². The minimum Gasteiger partial charge on any atom is -0.478 e. The van der Waals surface area contributed by atoms with Gasteiger partial charge in [-0.1, -0.05) is 17.7 Å². The number of carboxylic acid groups (broad SMARTS) is 1. The predicted octanol–water partition coefficient (Wildman–Crippen LogP) is 1.74. The van der Waals surface area contributed by atoms with Crippen LogP contribution in [0.5, 0.6) is 0 Å². The van der Waals surface area contributed by atoms with Gasteiger partial charge in [0.05, 0.1) is 17.0 Å². The zero-order valence-corrected chi connectivity index (χ0v) is 8.25. The number of carboxylic acids is 1. The fraction of sp³-hybridized carbons (Fsp3) is 0.286. The van der Waals surface area contributed by atoms with Crippen molar-refractivity contribution in [3.63, 3.8) is 0 Å². The monoisotopic (exact) mass is 237 g/mol. The summed E-state index contributed by atoms with van der Waals surface area (Å²) in [4.78, 5) is 18.5. The molecule has 0 spiro atoms. The number of aliphatic carboxylic acids is 1. The van der Waals surface area contributed by atoms with Crippen LogP contribution >= 0.6 is 23.2 Å². The van der Waals surface area contributed by atoms with E-state index in [1.807, 2.05) is 0 Å². The van der Waals surface area contributed by atoms with Crippen molar-refractivity contribution in [3.05, 3.63) is 32.9 Å². The van der Waals surface area contributed by atoms with Gasteiger partial charge in [0.15, 0.2) is 0 Å². The molecule has 14 heavy (non-hydrogen) atoms. The van der Waals surface area contributed by atoms with Crippen molar-refractivity contribution in [1.29, 1.82) is 0 Å². The minimum atomic E-state index is -1.90. The molecule has 0 aliphatic heterocycles. The number of nitrogens with zero attached hydrogens (tertiary/aromatic N) is 1. The van der Waals surface area contributed by atoms with E-state index in [-0.39, 0.29) is 17.0 Å². The molecule has 1 aliphatic rings. The van der Waals surface area contributed by atoms with Gasteiger partial charge in [0.25, 0.3) is 0 Å². The summed E-state index contributed by atoms with van der Waals surface area (Å²) < 4.78 is 0. The Labute approximate surface area is 88.8 Å². The van der Waals surface area contributed by atoms with Crippen LogP contribution in [0, 0.1) is 10.1 Å². The molecule has 0 saturated heterocycles. The third kappa shape index (κ3) is 1.88. The standard InChI is InChI=1S/C7H5Cl2NO4/c8-5-1-2-7(9,10(13)14)3-4(5)6(11)12/h1,3H,2H2,(H,11,12). The molecule has 5 nitrogen and oxygen atoms in total. The third-order valence-corrected chi connectivity index (χ3v) is 2.48. The molecule has 1 aliphatic carbocycles. The Morgan fingerprint density at radius 3 is 2.71 bits per heavy atom. The fourth-order valence-corrected chi connectivity index (χ4v) is 1.38. The summed E-state index contributed by atoms with van der Waals surface area (Å²) >= 11 is 11.1. The summed E-state index contributed by atoms with van der Waals surface area (Å²) in [7, 11) is 0. The summed E-state index contributed by atoms with van der Waals surface area (Å²) in [6.45, 7) is 0. The first-order valence-corrected chi connectivity index (χ1v) is 4.28. The second-order valence-electron chi connectivity index (χ2n) is 2.70. The average molecular weight is 238 g/mol. The number of halogens is 2. The highest BCUT2D eigenvalue weighted by Gasteiger charge is 2.41. The molecule has 1 atom stereocenters. The Bertz CT molecular complexity index is 363. The molecule has 0 aromatic carbocycles. The molecule has 76 valence electrons. The van der Waals surface area contributed by atoms with Gasteiger partial charge in [0, 0.05) is 11.0 Å². The lowest BCUT2D eigenvalue weighted by Gasteiger charge is -2.17. The number of hydrogen-bond donors (Lipinski definition) is 1. The maximum Gasteiger partial charge on any atom is 0.337 e. The largest absolute Gasteiger partial charge is 0.478 e. The lowest BCUT2D eigenvalue weighted by Crippen LogP contribution is -2.32. The Balaban J connectivity index is 3.13. The van der Waals surface area contributed by atoms with Crippen LogP contribution in [0.3, 0.4) is 0 Å². The lowest BCUT2D eigenvalue weighted by atomic mass is 10.0. The van der Waals surface area contributed by atoms with Crippen LogP contribution in [-0.2, 0) is 4.79 Å². The summed E-state index contributed by atoms with van der Waals surface area (Å²) in [6.07, 6.45) is 1.94. The van der Waals surface area contributed by atoms with E-state index in [9.17, 15) is 14.9 Å². The van der Waals surface area contributed by atoms with Crippen LogP contribution in [0.25, 0.3) is 0 Å². The molecule has 0 aromatic heterocycles. The van der Waals surface area contributed by atoms with Gasteiger partial charge in [-0.2, -0.15) is 0 Å². The smallest absolute Gasteiger partial charge is 0.337 e. The van der Waals surface area contributed by atoms with E-state index in [2.05, 4.69) is 0 Å². The molecule has 0 radical (unpaired) electrons. The molecule has 1 rings (SSSR count). The summed E-state index contributed by atoms with van der Waals surface area (Å²) in [6, 6.07) is 0. The van der Waals surface area contributed by atoms with E-state index in [0.29, 0.717) is 0 Å². The first-order chi connectivity index (χ1) is 6.37. The summed E-state index contributed by atoms with van der Waals surface area (Å²) in [5.41, 5.74) is -0.343. The Hall–Kier alpha value is -1.07. The van der Waals surface area contributed by atoms with Gasteiger partial charge in [-0.05, 0) is 11.6 Å². The number of carbonyl (C=O) groups is 1. The topological polar surface area (TPSA) is 80.4 Å². The Kier molecular flexibility index (Phi) is 2.82. The van der Waals surface area contributed by atoms with Crippen molar-refractivity contribution in [2.24, 2.45) is 0 Å². The first-order valence-electron chi connectivity index (χ1n) is 3.52. The zero-order valence-electron chi connectivity index (χ0n) is 6.74. The Morgan fingerprint density at radius 1 is 1.71 bits per heavy atom. The highest BCUT2D eigenvalue weighted by molar-refractivity contribution is 6.35. The third-order valence-electron chi connectivity index (χ3n) is 1.72. The molecule has 0 fully saturated rings. The van der Waals surface area contributed by atoms with Crippen LogP contribution in [0.15, 0.2) is 22.8 Å². The average Bonchev–Trinajstić information content (AvgIpc) is 2.09. The maximum atomic E-state index is 10.6. The highest BCUT2D eigenvalue weighted by atomic mass is 35.5. The van der Waals surface area contributed by atoms with Crippen molar-refractivity contribution in [1.82, 2.24) is 0 Å². The molecule has 0 aromatic rings. The van der Waals surface area contributed by atoms with Gasteiger partial charge >= 0.3 is 11.0 Å². The number of alkyl halides is 1. The van der Waals surface area contributed by atoms with E-state index in [1.54, 1.807) is 0 Å². The van der Waals surface area contributed by atoms with E-state index in [0.717, 1.165) is 6.08 Å². The predicted molar refractivity (Wildman–Crippen MR) is 49.9 cm³/mol. The van der Waals surface area contributed by atoms with Crippen molar-refractivity contribution < 1.29 is 14.8 Å². The van der Waals surface area contributed by atoms with E-state index >= 15 is 0 Å². The van der Waals surface area contributed by atoms with Crippen molar-refractivity contribution in [2.75, 3.05) is 0 Å². The molecule has 0 amide bonds. The second kappa shape index (κ2) is 3.59. The second-order valence-corrected chi connectivity index (χ2v) is 3.76. The van der Waals surface area contributed by atoms with Gasteiger partial charge in [0.2, 0.25) is 0 Å². The van der Waals surface area contributed by atoms with Gasteiger partial charge in [-0.3, -0.25) is 10.1 Å². The van der Waals surface area contributed by atoms with Crippen LogP contribution in [0.2, 0.25) is 0 Å². The fourth-order valence-electron chi connectivity index (χ4n) is 0.983. The van der Waals surface area contributed by atoms with E-state index in [4.69, 9.17) is 28.3 Å². The van der Waals surface area contributed by atoms with Gasteiger partial charge < -0.3 is 5.11 Å². The van der Waals surface area contributed by atoms with Crippen molar-refractivity contribution in [2.45, 2.75) is 11.4 Å². The lowest BCUT2D eigenvalue weighted by molar-refractivity contribution is -0.527. The van der Waals surface area contributed by atoms with Crippen LogP contribution in [0.1, 0.15) is 6.42 Å². The van der Waals surface area contributed by atoms with Gasteiger partial charge in [-0.15, -0.1) is 0 Å². The highest BCUT2D eigenvalue weighted by Crippen LogP contribution is 2.33. The molecule has 0 saturated carbocycles. The van der Waals surface area contributed by atoms with Crippen LogP contribution in [-0.4, -0.2) is 21.0 Å². The van der Waals surface area contributed by atoms with Crippen molar-refractivity contribution >= 4 is 29.2 Å². The van der Waals surface area contributed by atoms with Gasteiger partial charge in [-0.25, -0.2) is 4.79 Å². The minimum absolute atomic E-state index is 0.0318. The molecule has 1 unspecified atom stereocenters. The summed E-state index contributed by atoms with van der Waals surface area (Å²) in [5.74, 6) is -1.34. The Morgan fingerprint density at radius 2 is 2.29 bits per heavy atom. The van der Waals surface area contributed by atoms with Crippen molar-refractivity contribution in [3.8, 4) is 0 Å². The molecule has 0 bridgehead atoms. The molecule has 7 heteroatoms. The molecule has 1 N–H and O–H groups in total. The summed E-state index contributed by atoms with van der Waals surface area (Å²) in [5, 5.41) is 19.1. The van der Waals surface area contributed by atoms with Gasteiger partial charge in [0.1, 0.15) is 0 Å². The molecular formula is C7H5Cl2NO4. The molecular weight excluding hydrogens is 233 g/mol. The van der Waals surface area contributed by atoms with E-state index < -0.39 is 15.9 Å². The zero-order chi connectivity index (χ0) is 10.9. The SMILES string of the molecule is O=C(O)C1=CC(Cl)([N+](=O)[O-])CC=C1Cl. The first kappa shape index (κ1) is 11.0. The van der Waals surface area contributed by atoms with E-state index in [1.165, 1.54) is 6.08 Å². The normalized spacial score (nSPS) is 26.4. The maximum absolute atomic E-state index is 10.6. The van der Waals surface area contributed by atoms with Crippen LogP contribution in [0.4, 0.5) is 0 Å². The molecule has 0 heterocycles. The quantitative estimate of drug-likeness (QED) is 0.344.